The average molecular weight is 184 g/mol. The van der Waals surface area contributed by atoms with Crippen LogP contribution < -0.4 is 5.73 Å². The Morgan fingerprint density at radius 1 is 1.00 bits per heavy atom. The van der Waals surface area contributed by atoms with Gasteiger partial charge in [0, 0.05) is 12.1 Å². The Balaban J connectivity index is 2.58. The molecule has 2 heteroatoms. The van der Waals surface area contributed by atoms with Gasteiger partial charge in [-0.3, -0.25) is 0 Å². The second-order valence-corrected chi connectivity index (χ2v) is 4.59. The summed E-state index contributed by atoms with van der Waals surface area (Å²) < 4.78 is 0. The molecule has 1 fully saturated rings. The van der Waals surface area contributed by atoms with Crippen molar-refractivity contribution in [1.29, 1.82) is 0 Å². The van der Waals surface area contributed by atoms with Crippen LogP contribution in [0.1, 0.15) is 44.9 Å². The van der Waals surface area contributed by atoms with Gasteiger partial charge in [-0.25, -0.2) is 0 Å². The van der Waals surface area contributed by atoms with E-state index in [-0.39, 0.29) is 0 Å². The van der Waals surface area contributed by atoms with Crippen LogP contribution in [0.2, 0.25) is 0 Å². The van der Waals surface area contributed by atoms with E-state index in [1.165, 1.54) is 44.9 Å². The molecule has 0 saturated heterocycles. The van der Waals surface area contributed by atoms with Crippen molar-refractivity contribution in [1.82, 2.24) is 4.90 Å². The van der Waals surface area contributed by atoms with E-state index >= 15 is 0 Å². The molecular formula is C11H24N2. The smallest absolute Gasteiger partial charge is 0.0325 e. The molecule has 1 rings (SSSR count). The van der Waals surface area contributed by atoms with Gasteiger partial charge in [0.05, 0.1) is 0 Å². The highest BCUT2D eigenvalue weighted by molar-refractivity contribution is 4.89. The van der Waals surface area contributed by atoms with Crippen LogP contribution in [0, 0.1) is 0 Å². The summed E-state index contributed by atoms with van der Waals surface area (Å²) in [6.45, 7) is 0.819. The molecule has 0 heterocycles. The predicted octanol–water partition coefficient (Wildman–Crippen LogP) is 1.99. The topological polar surface area (TPSA) is 29.3 Å². The summed E-state index contributed by atoms with van der Waals surface area (Å²) in [7, 11) is 4.35. The zero-order chi connectivity index (χ0) is 9.73. The first-order valence-electron chi connectivity index (χ1n) is 5.59. The molecule has 2 N–H and O–H groups in total. The van der Waals surface area contributed by atoms with E-state index in [2.05, 4.69) is 19.0 Å². The maximum atomic E-state index is 5.92. The average Bonchev–Trinajstić information content (AvgIpc) is 2.04. The first kappa shape index (κ1) is 11.0. The van der Waals surface area contributed by atoms with Crippen LogP contribution in [0.5, 0.6) is 0 Å². The van der Waals surface area contributed by atoms with E-state index in [1.54, 1.807) is 0 Å². The zero-order valence-electron chi connectivity index (χ0n) is 9.18. The minimum absolute atomic E-state index is 0.306. The van der Waals surface area contributed by atoms with Gasteiger partial charge in [0.2, 0.25) is 0 Å². The summed E-state index contributed by atoms with van der Waals surface area (Å²) in [5.74, 6) is 0. The summed E-state index contributed by atoms with van der Waals surface area (Å²) in [6, 6.07) is 0. The largest absolute Gasteiger partial charge is 0.329 e. The van der Waals surface area contributed by atoms with Gasteiger partial charge in [-0.15, -0.1) is 0 Å². The van der Waals surface area contributed by atoms with Crippen molar-refractivity contribution in [3.05, 3.63) is 0 Å². The second-order valence-electron chi connectivity index (χ2n) is 4.59. The molecule has 0 radical (unpaired) electrons. The lowest BCUT2D eigenvalue weighted by Gasteiger charge is -2.40. The van der Waals surface area contributed by atoms with E-state index in [0.717, 1.165) is 6.54 Å². The lowest BCUT2D eigenvalue weighted by molar-refractivity contribution is 0.121. The fraction of sp³-hybridized carbons (Fsp3) is 1.00. The Labute approximate surface area is 82.5 Å². The van der Waals surface area contributed by atoms with Crippen molar-refractivity contribution in [2.24, 2.45) is 5.73 Å². The number of hydrogen-bond acceptors (Lipinski definition) is 2. The maximum absolute atomic E-state index is 5.92. The lowest BCUT2D eigenvalue weighted by atomic mass is 9.83. The Kier molecular flexibility index (Phi) is 4.20. The number of rotatable bonds is 2. The van der Waals surface area contributed by atoms with Gasteiger partial charge in [-0.1, -0.05) is 32.1 Å². The predicted molar refractivity (Wildman–Crippen MR) is 57.8 cm³/mol. The van der Waals surface area contributed by atoms with Crippen LogP contribution >= 0.6 is 0 Å². The van der Waals surface area contributed by atoms with E-state index in [4.69, 9.17) is 5.73 Å². The molecule has 0 aromatic heterocycles. The van der Waals surface area contributed by atoms with Crippen molar-refractivity contribution in [3.8, 4) is 0 Å². The molecule has 1 aliphatic carbocycles. The Morgan fingerprint density at radius 3 is 1.85 bits per heavy atom. The van der Waals surface area contributed by atoms with Gasteiger partial charge in [0.1, 0.15) is 0 Å². The molecule has 0 atom stereocenters. The van der Waals surface area contributed by atoms with E-state index < -0.39 is 0 Å². The highest BCUT2D eigenvalue weighted by atomic mass is 15.2. The first-order valence-corrected chi connectivity index (χ1v) is 5.59. The molecule has 0 aromatic carbocycles. The number of nitrogens with zero attached hydrogens (tertiary/aromatic N) is 1. The first-order chi connectivity index (χ1) is 6.21. The van der Waals surface area contributed by atoms with Crippen LogP contribution in [0.3, 0.4) is 0 Å². The summed E-state index contributed by atoms with van der Waals surface area (Å²) in [6.07, 6.45) is 9.51. The Hall–Kier alpha value is -0.0800. The molecule has 1 aliphatic rings. The van der Waals surface area contributed by atoms with Crippen molar-refractivity contribution >= 4 is 0 Å². The van der Waals surface area contributed by atoms with Crippen molar-refractivity contribution in [3.63, 3.8) is 0 Å². The van der Waals surface area contributed by atoms with Gasteiger partial charge >= 0.3 is 0 Å². The number of hydrogen-bond donors (Lipinski definition) is 1. The third-order valence-corrected chi connectivity index (χ3v) is 3.61. The molecule has 0 aromatic rings. The quantitative estimate of drug-likeness (QED) is 0.711. The van der Waals surface area contributed by atoms with E-state index in [1.807, 2.05) is 0 Å². The third-order valence-electron chi connectivity index (χ3n) is 3.61. The zero-order valence-corrected chi connectivity index (χ0v) is 9.18. The second kappa shape index (κ2) is 4.97. The summed E-state index contributed by atoms with van der Waals surface area (Å²) in [5.41, 5.74) is 6.22. The molecule has 13 heavy (non-hydrogen) atoms. The van der Waals surface area contributed by atoms with Crippen LogP contribution in [0.25, 0.3) is 0 Å². The van der Waals surface area contributed by atoms with Crippen molar-refractivity contribution < 1.29 is 0 Å². The van der Waals surface area contributed by atoms with Crippen LogP contribution in [0.4, 0.5) is 0 Å². The van der Waals surface area contributed by atoms with Gasteiger partial charge in [-0.2, -0.15) is 0 Å². The maximum Gasteiger partial charge on any atom is 0.0325 e. The summed E-state index contributed by atoms with van der Waals surface area (Å²) in [5, 5.41) is 0. The molecule has 0 unspecified atom stereocenters. The normalized spacial score (nSPS) is 24.0. The molecule has 2 nitrogen and oxygen atoms in total. The molecule has 0 spiro atoms. The summed E-state index contributed by atoms with van der Waals surface area (Å²) >= 11 is 0. The molecular weight excluding hydrogens is 160 g/mol. The lowest BCUT2D eigenvalue weighted by Crippen LogP contribution is -2.50. The third kappa shape index (κ3) is 2.68. The highest BCUT2D eigenvalue weighted by Gasteiger charge is 2.30. The van der Waals surface area contributed by atoms with Crippen LogP contribution in [-0.4, -0.2) is 31.1 Å². The van der Waals surface area contributed by atoms with Gasteiger partial charge in [-0.05, 0) is 26.9 Å². The SMILES string of the molecule is CN(C)C1(CN)CCCCCCC1. The van der Waals surface area contributed by atoms with Gasteiger partial charge < -0.3 is 10.6 Å². The Bertz CT molecular complexity index is 135. The van der Waals surface area contributed by atoms with Crippen molar-refractivity contribution in [2.75, 3.05) is 20.6 Å². The van der Waals surface area contributed by atoms with Crippen molar-refractivity contribution in [2.45, 2.75) is 50.5 Å². The van der Waals surface area contributed by atoms with Crippen LogP contribution in [0.15, 0.2) is 0 Å². The van der Waals surface area contributed by atoms with E-state index in [9.17, 15) is 0 Å². The van der Waals surface area contributed by atoms with Gasteiger partial charge in [0.25, 0.3) is 0 Å². The monoisotopic (exact) mass is 184 g/mol. The number of likely N-dealkylation sites (N-methyl/N-ethyl adjacent to an activating group) is 1. The molecule has 0 aliphatic heterocycles. The minimum atomic E-state index is 0.306. The molecule has 78 valence electrons. The van der Waals surface area contributed by atoms with Gasteiger partial charge in [0.15, 0.2) is 0 Å². The fourth-order valence-electron chi connectivity index (χ4n) is 2.40. The molecule has 0 amide bonds. The molecule has 1 saturated carbocycles. The summed E-state index contributed by atoms with van der Waals surface area (Å²) in [4.78, 5) is 2.35. The van der Waals surface area contributed by atoms with Crippen LogP contribution in [-0.2, 0) is 0 Å². The minimum Gasteiger partial charge on any atom is -0.329 e. The highest BCUT2D eigenvalue weighted by Crippen LogP contribution is 2.29. The number of nitrogens with two attached hydrogens (primary N) is 1. The standard InChI is InChI=1S/C11H24N2/c1-13(2)11(10-12)8-6-4-3-5-7-9-11/h3-10,12H2,1-2H3. The van der Waals surface area contributed by atoms with E-state index in [0.29, 0.717) is 5.54 Å². The molecule has 0 bridgehead atoms. The fourth-order valence-corrected chi connectivity index (χ4v) is 2.40. The Morgan fingerprint density at radius 2 is 1.46 bits per heavy atom.